The lowest BCUT2D eigenvalue weighted by molar-refractivity contribution is -0.187. The van der Waals surface area contributed by atoms with Crippen molar-refractivity contribution >= 4 is 0 Å². The molecule has 0 aliphatic rings. The first-order chi connectivity index (χ1) is 22.9. The number of halogens is 8. The van der Waals surface area contributed by atoms with Gasteiger partial charge < -0.3 is 9.47 Å². The zero-order chi connectivity index (χ0) is 34.6. The maximum Gasteiger partial charge on any atom is 0.429 e. The molecular formula is C38H26F8O2. The molecule has 0 saturated heterocycles. The molecule has 0 radical (unpaired) electrons. The first-order valence-electron chi connectivity index (χ1n) is 14.7. The molecule has 0 aliphatic heterocycles. The molecule has 0 heterocycles. The van der Waals surface area contributed by atoms with Gasteiger partial charge in [0.05, 0.1) is 6.61 Å². The second-order valence-electron chi connectivity index (χ2n) is 10.8. The molecule has 5 aromatic rings. The van der Waals surface area contributed by atoms with Crippen LogP contribution in [0.15, 0.2) is 84.9 Å². The Labute approximate surface area is 271 Å². The van der Waals surface area contributed by atoms with Crippen molar-refractivity contribution in [2.45, 2.75) is 32.8 Å². The Morgan fingerprint density at radius 2 is 1.23 bits per heavy atom. The molecule has 246 valence electrons. The van der Waals surface area contributed by atoms with E-state index >= 15 is 13.2 Å². The quantitative estimate of drug-likeness (QED) is 0.0675. The van der Waals surface area contributed by atoms with Crippen LogP contribution in [0.4, 0.5) is 35.1 Å². The molecular weight excluding hydrogens is 640 g/mol. The highest BCUT2D eigenvalue weighted by Gasteiger charge is 2.38. The summed E-state index contributed by atoms with van der Waals surface area (Å²) in [6.07, 6.45) is -2.29. The topological polar surface area (TPSA) is 18.5 Å². The molecule has 0 atom stereocenters. The van der Waals surface area contributed by atoms with Crippen LogP contribution in [0, 0.1) is 53.7 Å². The number of rotatable bonds is 9. The molecule has 0 fully saturated rings. The highest BCUT2D eigenvalue weighted by atomic mass is 19.3. The van der Waals surface area contributed by atoms with Gasteiger partial charge in [0.15, 0.2) is 17.5 Å². The molecule has 0 amide bonds. The Kier molecular flexibility index (Phi) is 10.1. The van der Waals surface area contributed by atoms with Crippen LogP contribution < -0.4 is 9.47 Å². The van der Waals surface area contributed by atoms with Crippen LogP contribution in [0.25, 0.3) is 22.3 Å². The molecule has 0 unspecified atom stereocenters. The molecule has 10 heteroatoms. The van der Waals surface area contributed by atoms with Crippen molar-refractivity contribution in [1.29, 1.82) is 0 Å². The molecule has 5 rings (SSSR count). The minimum absolute atomic E-state index is 0.0373. The molecule has 0 saturated carbocycles. The molecule has 0 bridgehead atoms. The maximum atomic E-state index is 15.2. The number of ether oxygens (including phenoxy) is 2. The summed E-state index contributed by atoms with van der Waals surface area (Å²) < 4.78 is 126. The predicted molar refractivity (Wildman–Crippen MR) is 166 cm³/mol. The second kappa shape index (κ2) is 14.2. The van der Waals surface area contributed by atoms with E-state index in [-0.39, 0.29) is 33.4 Å². The van der Waals surface area contributed by atoms with E-state index in [2.05, 4.69) is 18.8 Å². The molecule has 48 heavy (non-hydrogen) atoms. The fourth-order valence-corrected chi connectivity index (χ4v) is 4.77. The van der Waals surface area contributed by atoms with E-state index in [1.807, 2.05) is 0 Å². The number of unbranched alkanes of at least 4 members (excludes halogenated alkanes) is 1. The van der Waals surface area contributed by atoms with E-state index in [9.17, 15) is 22.0 Å². The Bertz CT molecular complexity index is 2010. The van der Waals surface area contributed by atoms with Crippen molar-refractivity contribution < 1.29 is 44.6 Å². The standard InChI is InChI=1S/C38H26F8O2/c1-3-4-15-47-27-10-6-23(7-11-27)5-8-24-17-34(41)31(16-22(24)2)38(45,46)48-28-12-14-29(33(40)21-28)25-9-13-30(32(39)18-25)26-19-35(42)37(44)36(43)20-26/h6-7,9-14,16-21H,3-4,15H2,1-2H3. The van der Waals surface area contributed by atoms with Crippen LogP contribution in [0.1, 0.15) is 42.0 Å². The van der Waals surface area contributed by atoms with E-state index in [1.54, 1.807) is 24.3 Å². The summed E-state index contributed by atoms with van der Waals surface area (Å²) in [7, 11) is 0. The number of alkyl halides is 2. The third-order valence-corrected chi connectivity index (χ3v) is 7.35. The number of hydrogen-bond acceptors (Lipinski definition) is 2. The van der Waals surface area contributed by atoms with Crippen molar-refractivity contribution in [1.82, 2.24) is 0 Å². The van der Waals surface area contributed by atoms with Crippen LogP contribution in [-0.4, -0.2) is 6.61 Å². The van der Waals surface area contributed by atoms with Crippen LogP contribution in [0.2, 0.25) is 0 Å². The first-order valence-corrected chi connectivity index (χ1v) is 14.7. The average Bonchev–Trinajstić information content (AvgIpc) is 3.04. The molecule has 2 nitrogen and oxygen atoms in total. The molecule has 0 N–H and O–H groups in total. The monoisotopic (exact) mass is 666 g/mol. The largest absolute Gasteiger partial charge is 0.494 e. The maximum absolute atomic E-state index is 15.2. The van der Waals surface area contributed by atoms with Gasteiger partial charge >= 0.3 is 6.11 Å². The summed E-state index contributed by atoms with van der Waals surface area (Å²) in [5.41, 5.74) is -0.872. The van der Waals surface area contributed by atoms with E-state index in [0.29, 0.717) is 36.1 Å². The summed E-state index contributed by atoms with van der Waals surface area (Å²) in [6.45, 7) is 4.13. The Hall–Kier alpha value is -5.30. The van der Waals surface area contributed by atoms with Crippen molar-refractivity contribution in [3.63, 3.8) is 0 Å². The van der Waals surface area contributed by atoms with Crippen molar-refractivity contribution in [2.75, 3.05) is 6.61 Å². The van der Waals surface area contributed by atoms with E-state index in [4.69, 9.17) is 9.47 Å². The Morgan fingerprint density at radius 3 is 1.88 bits per heavy atom. The minimum Gasteiger partial charge on any atom is -0.494 e. The van der Waals surface area contributed by atoms with Crippen molar-refractivity contribution in [3.05, 3.63) is 142 Å². The van der Waals surface area contributed by atoms with Gasteiger partial charge in [-0.05, 0) is 96.8 Å². The third-order valence-electron chi connectivity index (χ3n) is 7.35. The smallest absolute Gasteiger partial charge is 0.429 e. The van der Waals surface area contributed by atoms with Gasteiger partial charge in [0.1, 0.15) is 34.5 Å². The summed E-state index contributed by atoms with van der Waals surface area (Å²) in [5, 5.41) is 0. The summed E-state index contributed by atoms with van der Waals surface area (Å²) >= 11 is 0. The van der Waals surface area contributed by atoms with Gasteiger partial charge in [-0.2, -0.15) is 8.78 Å². The lowest BCUT2D eigenvalue weighted by Crippen LogP contribution is -2.24. The predicted octanol–water partition coefficient (Wildman–Crippen LogP) is 10.9. The molecule has 0 spiro atoms. The van der Waals surface area contributed by atoms with Crippen LogP contribution >= 0.6 is 0 Å². The number of aryl methyl sites for hydroxylation is 1. The van der Waals surface area contributed by atoms with Crippen molar-refractivity contribution in [3.8, 4) is 45.6 Å². The van der Waals surface area contributed by atoms with E-state index in [1.165, 1.54) is 13.0 Å². The molecule has 5 aromatic carbocycles. The summed E-state index contributed by atoms with van der Waals surface area (Å²) in [4.78, 5) is 0. The zero-order valence-electron chi connectivity index (χ0n) is 25.5. The van der Waals surface area contributed by atoms with Crippen LogP contribution in [0.3, 0.4) is 0 Å². The Balaban J connectivity index is 1.32. The minimum atomic E-state index is -4.21. The van der Waals surface area contributed by atoms with Gasteiger partial charge in [0.2, 0.25) is 0 Å². The summed E-state index contributed by atoms with van der Waals surface area (Å²) in [6, 6.07) is 15.8. The van der Waals surface area contributed by atoms with E-state index in [0.717, 1.165) is 49.2 Å². The fraction of sp³-hybridized carbons (Fsp3) is 0.158. The van der Waals surface area contributed by atoms with Gasteiger partial charge in [-0.3, -0.25) is 0 Å². The average molecular weight is 667 g/mol. The van der Waals surface area contributed by atoms with Crippen LogP contribution in [0.5, 0.6) is 11.5 Å². The van der Waals surface area contributed by atoms with Gasteiger partial charge in [0, 0.05) is 28.3 Å². The third kappa shape index (κ3) is 7.63. The van der Waals surface area contributed by atoms with Gasteiger partial charge in [-0.25, -0.2) is 26.3 Å². The zero-order valence-corrected chi connectivity index (χ0v) is 25.5. The highest BCUT2D eigenvalue weighted by molar-refractivity contribution is 5.72. The van der Waals surface area contributed by atoms with Crippen LogP contribution in [-0.2, 0) is 6.11 Å². The second-order valence-corrected chi connectivity index (χ2v) is 10.8. The normalized spacial score (nSPS) is 11.2. The van der Waals surface area contributed by atoms with E-state index < -0.39 is 52.3 Å². The lowest BCUT2D eigenvalue weighted by Gasteiger charge is -2.20. The number of hydrogen-bond donors (Lipinski definition) is 0. The van der Waals surface area contributed by atoms with Gasteiger partial charge in [-0.1, -0.05) is 37.3 Å². The van der Waals surface area contributed by atoms with Gasteiger partial charge in [-0.15, -0.1) is 0 Å². The lowest BCUT2D eigenvalue weighted by atomic mass is 9.99. The first kappa shape index (κ1) is 34.0. The molecule has 0 aliphatic carbocycles. The molecule has 0 aromatic heterocycles. The van der Waals surface area contributed by atoms with Crippen molar-refractivity contribution in [2.24, 2.45) is 0 Å². The fourth-order valence-electron chi connectivity index (χ4n) is 4.77. The summed E-state index contributed by atoms with van der Waals surface area (Å²) in [5.74, 6) is -2.42. The SMILES string of the molecule is CCCCOc1ccc(C#Cc2cc(F)c(C(F)(F)Oc3ccc(-c4ccc(-c5cc(F)c(F)c(F)c5)c(F)c4)c(F)c3)cc2C)cc1. The Morgan fingerprint density at radius 1 is 0.625 bits per heavy atom. The van der Waals surface area contributed by atoms with Gasteiger partial charge in [0.25, 0.3) is 0 Å². The highest BCUT2D eigenvalue weighted by Crippen LogP contribution is 2.37. The number of benzene rings is 5.